The highest BCUT2D eigenvalue weighted by atomic mass is 16.5. The van der Waals surface area contributed by atoms with E-state index in [0.29, 0.717) is 0 Å². The predicted octanol–water partition coefficient (Wildman–Crippen LogP) is 6.14. The summed E-state index contributed by atoms with van der Waals surface area (Å²) in [6.07, 6.45) is 8.73. The van der Waals surface area contributed by atoms with E-state index < -0.39 is 34.5 Å². The van der Waals surface area contributed by atoms with Gasteiger partial charge in [0.05, 0.1) is 52.1 Å². The Morgan fingerprint density at radius 3 is 1.04 bits per heavy atom. The third-order valence-corrected chi connectivity index (χ3v) is 15.4. The number of carbonyl (C=O) groups is 4. The first-order valence-corrected chi connectivity index (χ1v) is 18.6. The molecule has 0 amide bonds. The van der Waals surface area contributed by atoms with Crippen molar-refractivity contribution in [1.82, 2.24) is 0 Å². The Labute approximate surface area is 304 Å². The van der Waals surface area contributed by atoms with Crippen molar-refractivity contribution in [2.24, 2.45) is 93.7 Å². The van der Waals surface area contributed by atoms with E-state index in [-0.39, 0.29) is 83.1 Å². The Morgan fingerprint density at radius 1 is 0.442 bits per heavy atom. The smallest absolute Gasteiger partial charge is 0.310 e. The van der Waals surface area contributed by atoms with Crippen LogP contribution in [0.4, 0.5) is 0 Å². The second kappa shape index (κ2) is 11.5. The Hall–Kier alpha value is -4.46. The molecule has 8 nitrogen and oxygen atoms in total. The van der Waals surface area contributed by atoms with Crippen LogP contribution in [-0.4, -0.2) is 52.3 Å². The Bertz CT molecular complexity index is 1810. The van der Waals surface area contributed by atoms with Crippen LogP contribution in [0.15, 0.2) is 85.0 Å². The van der Waals surface area contributed by atoms with Crippen LogP contribution in [0, 0.1) is 93.7 Å². The second-order valence-corrected chi connectivity index (χ2v) is 16.6. The minimum Gasteiger partial charge on any atom is -0.469 e. The van der Waals surface area contributed by atoms with E-state index in [4.69, 9.17) is 18.9 Å². The van der Waals surface area contributed by atoms with Crippen molar-refractivity contribution in [1.29, 1.82) is 0 Å². The topological polar surface area (TPSA) is 105 Å². The highest BCUT2D eigenvalue weighted by Gasteiger charge is 2.83. The minimum absolute atomic E-state index is 0.0141. The van der Waals surface area contributed by atoms with Gasteiger partial charge in [-0.05, 0) is 81.5 Å². The Balaban J connectivity index is 1.35. The van der Waals surface area contributed by atoms with Gasteiger partial charge >= 0.3 is 23.9 Å². The van der Waals surface area contributed by atoms with Gasteiger partial charge in [-0.3, -0.25) is 19.2 Å². The third kappa shape index (κ3) is 3.83. The molecule has 4 saturated carbocycles. The predicted molar refractivity (Wildman–Crippen MR) is 191 cm³/mol. The number of ether oxygens (including phenoxy) is 4. The summed E-state index contributed by atoms with van der Waals surface area (Å²) in [5.74, 6) is -4.72. The Kier molecular flexibility index (Phi) is 7.39. The lowest BCUT2D eigenvalue weighted by molar-refractivity contribution is -0.291. The molecule has 10 aliphatic carbocycles. The van der Waals surface area contributed by atoms with Gasteiger partial charge in [-0.1, -0.05) is 98.8 Å². The number of esters is 4. The van der Waals surface area contributed by atoms with Crippen LogP contribution in [-0.2, 0) is 38.1 Å². The molecule has 0 radical (unpaired) electrons. The van der Waals surface area contributed by atoms with Crippen LogP contribution in [0.5, 0.6) is 0 Å². The summed E-state index contributed by atoms with van der Waals surface area (Å²) in [6, 6.07) is 21.3. The van der Waals surface area contributed by atoms with Crippen LogP contribution < -0.4 is 0 Å². The fourth-order valence-corrected chi connectivity index (χ4v) is 14.3. The molecular weight excluding hydrogens is 656 g/mol. The van der Waals surface area contributed by atoms with Crippen LogP contribution in [0.3, 0.4) is 0 Å². The summed E-state index contributed by atoms with van der Waals surface area (Å²) in [5, 5.41) is 0. The molecule has 16 atom stereocenters. The molecule has 0 aliphatic heterocycles. The molecule has 2 aromatic rings. The number of fused-ring (bicyclic) bond motifs is 2. The molecule has 270 valence electrons. The molecule has 2 aromatic carbocycles. The van der Waals surface area contributed by atoms with Crippen LogP contribution in [0.25, 0.3) is 11.1 Å². The summed E-state index contributed by atoms with van der Waals surface area (Å²) in [6.45, 7) is 4.82. The monoisotopic (exact) mass is 702 g/mol. The highest BCUT2D eigenvalue weighted by Crippen LogP contribution is 2.87. The minimum atomic E-state index is -0.686. The molecule has 0 aromatic heterocycles. The van der Waals surface area contributed by atoms with E-state index >= 15 is 0 Å². The van der Waals surface area contributed by atoms with Gasteiger partial charge in [-0.15, -0.1) is 0 Å². The largest absolute Gasteiger partial charge is 0.469 e. The van der Waals surface area contributed by atoms with E-state index in [2.05, 4.69) is 86.7 Å². The lowest BCUT2D eigenvalue weighted by atomic mass is 9.20. The van der Waals surface area contributed by atoms with Gasteiger partial charge in [0.1, 0.15) is 0 Å². The fraction of sp³-hybridized carbons (Fsp3) is 0.500. The summed E-state index contributed by atoms with van der Waals surface area (Å²) in [4.78, 5) is 55.1. The van der Waals surface area contributed by atoms with E-state index in [1.165, 1.54) is 39.6 Å². The first-order chi connectivity index (χ1) is 25.1. The van der Waals surface area contributed by atoms with Crippen molar-refractivity contribution in [2.75, 3.05) is 28.4 Å². The normalized spacial score (nSPS) is 43.8. The zero-order chi connectivity index (χ0) is 36.4. The zero-order valence-electron chi connectivity index (χ0n) is 30.4. The second-order valence-electron chi connectivity index (χ2n) is 16.6. The first kappa shape index (κ1) is 33.4. The van der Waals surface area contributed by atoms with Gasteiger partial charge in [0.2, 0.25) is 0 Å². The summed E-state index contributed by atoms with van der Waals surface area (Å²) in [5.41, 5.74) is 3.88. The number of hydrogen-bond acceptors (Lipinski definition) is 8. The molecule has 0 unspecified atom stereocenters. The number of methoxy groups -OCH3 is 4. The molecule has 0 spiro atoms. The number of carbonyl (C=O) groups excluding carboxylic acids is 4. The number of rotatable bonds is 6. The third-order valence-electron chi connectivity index (χ3n) is 15.4. The first-order valence-electron chi connectivity index (χ1n) is 18.6. The molecule has 4 fully saturated rings. The lowest BCUT2D eigenvalue weighted by Crippen LogP contribution is -2.79. The number of benzene rings is 2. The van der Waals surface area contributed by atoms with Gasteiger partial charge in [0, 0.05) is 10.8 Å². The summed E-state index contributed by atoms with van der Waals surface area (Å²) < 4.78 is 21.8. The van der Waals surface area contributed by atoms with Crippen molar-refractivity contribution in [2.45, 2.75) is 13.8 Å². The average Bonchev–Trinajstić information content (AvgIpc) is 3.17. The highest BCUT2D eigenvalue weighted by molar-refractivity contribution is 5.99. The maximum Gasteiger partial charge on any atom is 0.310 e. The van der Waals surface area contributed by atoms with Crippen molar-refractivity contribution in [3.8, 4) is 0 Å². The molecule has 6 bridgehead atoms. The Morgan fingerprint density at radius 2 is 0.731 bits per heavy atom. The van der Waals surface area contributed by atoms with Crippen LogP contribution in [0.1, 0.15) is 25.0 Å². The standard InChI is InChI=1S/C44H46O8/c1-43-33(21-13-9-7-10-14-21)34(22-15-11-8-12-16-22)44(2,36-26-20-19-25(35(36)43)31(41(47)51-5)32(26)42(48)52-6)38-28-24-18-17-23(27(28)37(38)43)29(39(45)49-3)30(24)40(46)50-4/h7-20,23-32,35-38H,1-6H3/t23-,24+,25-,26-,27+,28+,29+,30-,31+,32-,35+,36+,37+,38+,43-,44-/m0/s1. The van der Waals surface area contributed by atoms with Crippen molar-refractivity contribution in [3.63, 3.8) is 0 Å². The lowest BCUT2D eigenvalue weighted by Gasteiger charge is -2.83. The average molecular weight is 703 g/mol. The molecule has 0 heterocycles. The molecule has 0 saturated heterocycles. The molecule has 10 aliphatic rings. The molecule has 8 heteroatoms. The van der Waals surface area contributed by atoms with Crippen LogP contribution >= 0.6 is 0 Å². The van der Waals surface area contributed by atoms with Crippen molar-refractivity contribution >= 4 is 35.0 Å². The van der Waals surface area contributed by atoms with Gasteiger partial charge in [-0.2, -0.15) is 0 Å². The van der Waals surface area contributed by atoms with E-state index in [1.807, 2.05) is 12.1 Å². The molecule has 0 N–H and O–H groups in total. The van der Waals surface area contributed by atoms with E-state index in [9.17, 15) is 19.2 Å². The zero-order valence-corrected chi connectivity index (χ0v) is 30.4. The van der Waals surface area contributed by atoms with E-state index in [1.54, 1.807) is 0 Å². The van der Waals surface area contributed by atoms with Gasteiger partial charge < -0.3 is 18.9 Å². The van der Waals surface area contributed by atoms with E-state index in [0.717, 1.165) is 11.1 Å². The van der Waals surface area contributed by atoms with Gasteiger partial charge in [0.25, 0.3) is 0 Å². The summed E-state index contributed by atoms with van der Waals surface area (Å²) in [7, 11) is 5.61. The fourth-order valence-electron chi connectivity index (χ4n) is 14.3. The van der Waals surface area contributed by atoms with Gasteiger partial charge in [0.15, 0.2) is 0 Å². The van der Waals surface area contributed by atoms with Crippen LogP contribution in [0.2, 0.25) is 0 Å². The SMILES string of the molecule is COC(=O)[C@@H]1[C@H]2C=C[C@@H]([C@@H]1C(=O)OC)[C@@H]1[C@@H]2[C@@H]2[C@@H]1[C@@]1(C)C(c3ccccc3)=C(c3ccccc3)[C@@]2(C)[C@@H]2[C@H]3C=C[C@@H]([C@H](C(=O)OC)[C@@H]3C(=O)OC)[C@H]21. The van der Waals surface area contributed by atoms with Crippen molar-refractivity contribution in [3.05, 3.63) is 96.1 Å². The summed E-state index contributed by atoms with van der Waals surface area (Å²) >= 11 is 0. The molecule has 52 heavy (non-hydrogen) atoms. The molecular formula is C44H46O8. The number of hydrogen-bond donors (Lipinski definition) is 0. The maximum atomic E-state index is 13.9. The maximum absolute atomic E-state index is 13.9. The number of allylic oxidation sites excluding steroid dienone is 6. The van der Waals surface area contributed by atoms with Gasteiger partial charge in [-0.25, -0.2) is 0 Å². The van der Waals surface area contributed by atoms with Crippen molar-refractivity contribution < 1.29 is 38.1 Å². The molecule has 12 rings (SSSR count). The quantitative estimate of drug-likeness (QED) is 0.201.